The molecule has 0 saturated heterocycles. The second-order valence-corrected chi connectivity index (χ2v) is 12.4. The molecule has 0 saturated carbocycles. The predicted molar refractivity (Wildman–Crippen MR) is 202 cm³/mol. The fraction of sp³-hybridized carbons (Fsp3) is 0. The summed E-state index contributed by atoms with van der Waals surface area (Å²) < 4.78 is 12.7. The van der Waals surface area contributed by atoms with Crippen LogP contribution in [0.2, 0.25) is 0 Å². The molecule has 0 unspecified atom stereocenters. The zero-order chi connectivity index (χ0) is 32.3. The normalized spacial score (nSPS) is 11.7. The Labute approximate surface area is 282 Å². The Morgan fingerprint density at radius 3 is 1.86 bits per heavy atom. The van der Waals surface area contributed by atoms with Gasteiger partial charge in [-0.15, -0.1) is 0 Å². The Morgan fingerprint density at radius 1 is 0.408 bits per heavy atom. The van der Waals surface area contributed by atoms with E-state index >= 15 is 0 Å². The van der Waals surface area contributed by atoms with Gasteiger partial charge in [-0.05, 0) is 94.0 Å². The van der Waals surface area contributed by atoms with Crippen LogP contribution in [0.1, 0.15) is 0 Å². The Morgan fingerprint density at radius 2 is 1.04 bits per heavy atom. The van der Waals surface area contributed by atoms with Crippen LogP contribution in [0.4, 0.5) is 17.1 Å². The number of hydrogen-bond acceptors (Lipinski definition) is 4. The summed E-state index contributed by atoms with van der Waals surface area (Å²) >= 11 is 0. The largest absolute Gasteiger partial charge is 0.456 e. The number of furan rings is 1. The van der Waals surface area contributed by atoms with E-state index in [0.29, 0.717) is 5.89 Å². The lowest BCUT2D eigenvalue weighted by molar-refractivity contribution is 0.623. The van der Waals surface area contributed by atoms with Crippen LogP contribution in [0, 0.1) is 0 Å². The molecule has 0 N–H and O–H groups in total. The number of fused-ring (bicyclic) bond motifs is 8. The van der Waals surface area contributed by atoms with Crippen molar-refractivity contribution in [3.8, 4) is 22.6 Å². The molecule has 0 radical (unpaired) electrons. The lowest BCUT2D eigenvalue weighted by Gasteiger charge is -2.25. The van der Waals surface area contributed by atoms with Crippen molar-refractivity contribution in [3.05, 3.63) is 170 Å². The molecule has 0 amide bonds. The summed E-state index contributed by atoms with van der Waals surface area (Å²) in [6.45, 7) is 0. The SMILES string of the molecule is c1ccc(N(c2ccc(-c3nc4ccc5ccc6ccccc6c5c4o3)cc2)c2ccc(-c3cccc4oc5ccccc5c34)cc2)cc1. The van der Waals surface area contributed by atoms with Crippen molar-refractivity contribution in [3.63, 3.8) is 0 Å². The molecule has 10 rings (SSSR count). The number of benzene rings is 8. The van der Waals surface area contributed by atoms with E-state index in [1.165, 1.54) is 10.8 Å². The Bertz CT molecular complexity index is 2810. The molecule has 230 valence electrons. The van der Waals surface area contributed by atoms with E-state index in [1.807, 2.05) is 30.3 Å². The van der Waals surface area contributed by atoms with Crippen molar-refractivity contribution in [1.29, 1.82) is 0 Å². The summed E-state index contributed by atoms with van der Waals surface area (Å²) in [5.74, 6) is 0.610. The van der Waals surface area contributed by atoms with Gasteiger partial charge in [-0.3, -0.25) is 0 Å². The number of hydrogen-bond donors (Lipinski definition) is 0. The topological polar surface area (TPSA) is 42.4 Å². The maximum Gasteiger partial charge on any atom is 0.227 e. The molecule has 0 aliphatic rings. The van der Waals surface area contributed by atoms with Gasteiger partial charge in [0.2, 0.25) is 5.89 Å². The Hall–Kier alpha value is -6.65. The van der Waals surface area contributed by atoms with Gasteiger partial charge in [0.1, 0.15) is 16.7 Å². The molecule has 49 heavy (non-hydrogen) atoms. The van der Waals surface area contributed by atoms with Crippen LogP contribution in [0.25, 0.3) is 77.2 Å². The minimum atomic E-state index is 0.610. The zero-order valence-corrected chi connectivity index (χ0v) is 26.4. The minimum absolute atomic E-state index is 0.610. The number of para-hydroxylation sites is 2. The van der Waals surface area contributed by atoms with E-state index in [-0.39, 0.29) is 0 Å². The third-order valence-electron chi connectivity index (χ3n) is 9.49. The van der Waals surface area contributed by atoms with Crippen LogP contribution < -0.4 is 4.90 Å². The third-order valence-corrected chi connectivity index (χ3v) is 9.49. The number of anilines is 3. The quantitative estimate of drug-likeness (QED) is 0.178. The molecule has 4 nitrogen and oxygen atoms in total. The van der Waals surface area contributed by atoms with Gasteiger partial charge in [-0.2, -0.15) is 0 Å². The first kappa shape index (κ1) is 27.5. The van der Waals surface area contributed by atoms with Crippen LogP contribution in [-0.2, 0) is 0 Å². The van der Waals surface area contributed by atoms with Gasteiger partial charge in [-0.25, -0.2) is 4.98 Å². The minimum Gasteiger partial charge on any atom is -0.456 e. The van der Waals surface area contributed by atoms with Gasteiger partial charge in [0.15, 0.2) is 5.58 Å². The number of oxazole rings is 1. The van der Waals surface area contributed by atoms with E-state index < -0.39 is 0 Å². The summed E-state index contributed by atoms with van der Waals surface area (Å²) in [6.07, 6.45) is 0. The van der Waals surface area contributed by atoms with Crippen LogP contribution >= 0.6 is 0 Å². The maximum atomic E-state index is 6.52. The van der Waals surface area contributed by atoms with E-state index in [2.05, 4.69) is 144 Å². The van der Waals surface area contributed by atoms with Gasteiger partial charge in [0.25, 0.3) is 0 Å². The molecule has 0 atom stereocenters. The first-order valence-corrected chi connectivity index (χ1v) is 16.5. The molecule has 8 aromatic carbocycles. The van der Waals surface area contributed by atoms with Crippen molar-refractivity contribution < 1.29 is 8.83 Å². The van der Waals surface area contributed by atoms with Crippen molar-refractivity contribution in [1.82, 2.24) is 4.98 Å². The molecule has 10 aromatic rings. The highest BCUT2D eigenvalue weighted by atomic mass is 16.3. The molecular formula is C45H28N2O2. The van der Waals surface area contributed by atoms with Gasteiger partial charge >= 0.3 is 0 Å². The molecule has 0 aliphatic carbocycles. The summed E-state index contributed by atoms with van der Waals surface area (Å²) in [6, 6.07) is 59.1. The average molecular weight is 629 g/mol. The van der Waals surface area contributed by atoms with E-state index in [0.717, 1.165) is 77.6 Å². The van der Waals surface area contributed by atoms with Crippen molar-refractivity contribution in [2.75, 3.05) is 4.90 Å². The summed E-state index contributed by atoms with van der Waals surface area (Å²) in [5.41, 5.74) is 9.87. The molecule has 0 fully saturated rings. The van der Waals surface area contributed by atoms with Gasteiger partial charge in [-0.1, -0.05) is 103 Å². The fourth-order valence-corrected chi connectivity index (χ4v) is 7.18. The summed E-state index contributed by atoms with van der Waals surface area (Å²) in [7, 11) is 0. The monoisotopic (exact) mass is 628 g/mol. The van der Waals surface area contributed by atoms with Crippen molar-refractivity contribution in [2.45, 2.75) is 0 Å². The van der Waals surface area contributed by atoms with Crippen molar-refractivity contribution in [2.24, 2.45) is 0 Å². The zero-order valence-electron chi connectivity index (χ0n) is 26.4. The van der Waals surface area contributed by atoms with Crippen LogP contribution in [-0.4, -0.2) is 4.98 Å². The lowest BCUT2D eigenvalue weighted by Crippen LogP contribution is -2.09. The lowest BCUT2D eigenvalue weighted by atomic mass is 9.99. The van der Waals surface area contributed by atoms with E-state index in [4.69, 9.17) is 13.8 Å². The second kappa shape index (κ2) is 11.0. The predicted octanol–water partition coefficient (Wildman–Crippen LogP) is 12.8. The maximum absolute atomic E-state index is 6.52. The molecule has 2 aromatic heterocycles. The highest BCUT2D eigenvalue weighted by molar-refractivity contribution is 6.18. The van der Waals surface area contributed by atoms with Crippen molar-refractivity contribution >= 4 is 71.6 Å². The highest BCUT2D eigenvalue weighted by Crippen LogP contribution is 2.40. The smallest absolute Gasteiger partial charge is 0.227 e. The van der Waals surface area contributed by atoms with E-state index in [9.17, 15) is 0 Å². The Kier molecular flexibility index (Phi) is 6.15. The molecule has 0 bridgehead atoms. The number of nitrogens with zero attached hydrogens (tertiary/aromatic N) is 2. The standard InChI is InChI=1S/C45H28N2O2/c1-2-10-33(11-3-1)47(34-24-19-30(20-25-34)37-14-8-16-41-43(37)38-13-6-7-15-40(38)48-41)35-26-21-32(22-27-35)45-46-39-28-23-31-18-17-29-9-4-5-12-36(29)42(31)44(39)49-45/h1-28H. The van der Waals surface area contributed by atoms with Crippen LogP contribution in [0.5, 0.6) is 0 Å². The molecule has 0 spiro atoms. The fourth-order valence-electron chi connectivity index (χ4n) is 7.18. The molecule has 4 heteroatoms. The third kappa shape index (κ3) is 4.49. The Balaban J connectivity index is 1.04. The van der Waals surface area contributed by atoms with E-state index in [1.54, 1.807) is 0 Å². The van der Waals surface area contributed by atoms with Crippen LogP contribution in [0.3, 0.4) is 0 Å². The number of rotatable bonds is 5. The average Bonchev–Trinajstić information content (AvgIpc) is 3.78. The summed E-state index contributed by atoms with van der Waals surface area (Å²) in [5, 5.41) is 6.87. The van der Waals surface area contributed by atoms with Gasteiger partial charge < -0.3 is 13.7 Å². The molecule has 0 aliphatic heterocycles. The first-order chi connectivity index (χ1) is 24.3. The number of aromatic nitrogens is 1. The first-order valence-electron chi connectivity index (χ1n) is 16.5. The summed E-state index contributed by atoms with van der Waals surface area (Å²) in [4.78, 5) is 7.19. The van der Waals surface area contributed by atoms with Crippen LogP contribution in [0.15, 0.2) is 179 Å². The van der Waals surface area contributed by atoms with Gasteiger partial charge in [0.05, 0.1) is 0 Å². The van der Waals surface area contributed by atoms with Gasteiger partial charge in [0, 0.05) is 38.8 Å². The highest BCUT2D eigenvalue weighted by Gasteiger charge is 2.17. The second-order valence-electron chi connectivity index (χ2n) is 12.4. The molecule has 2 heterocycles. The molecular weight excluding hydrogens is 601 g/mol.